The summed E-state index contributed by atoms with van der Waals surface area (Å²) in [5.74, 6) is 0.596. The second kappa shape index (κ2) is 6.43. The zero-order valence-electron chi connectivity index (χ0n) is 10.2. The molecule has 0 aliphatic carbocycles. The zero-order valence-corrected chi connectivity index (χ0v) is 11.8. The minimum absolute atomic E-state index is 0.207. The summed E-state index contributed by atoms with van der Waals surface area (Å²) < 4.78 is 43.1. The van der Waals surface area contributed by atoms with E-state index in [9.17, 15) is 13.2 Å². The summed E-state index contributed by atoms with van der Waals surface area (Å²) in [7, 11) is 1.51. The standard InChI is InChI=1S/C12H15BrF3NO/c1-3-17(8-12(14,15)16)7-9-6-10(13)4-5-11(9)18-2/h4-6H,3,7-8H2,1-2H3. The first-order chi connectivity index (χ1) is 8.35. The van der Waals surface area contributed by atoms with Crippen LogP contribution in [0.5, 0.6) is 5.75 Å². The van der Waals surface area contributed by atoms with Crippen molar-refractivity contribution in [3.63, 3.8) is 0 Å². The van der Waals surface area contributed by atoms with Crippen molar-refractivity contribution < 1.29 is 17.9 Å². The van der Waals surface area contributed by atoms with Crippen LogP contribution < -0.4 is 4.74 Å². The number of nitrogens with zero attached hydrogens (tertiary/aromatic N) is 1. The molecule has 6 heteroatoms. The molecule has 0 atom stereocenters. The Morgan fingerprint density at radius 3 is 2.50 bits per heavy atom. The first-order valence-electron chi connectivity index (χ1n) is 5.47. The van der Waals surface area contributed by atoms with E-state index in [0.717, 1.165) is 10.0 Å². The van der Waals surface area contributed by atoms with E-state index in [4.69, 9.17) is 4.74 Å². The monoisotopic (exact) mass is 325 g/mol. The fourth-order valence-corrected chi connectivity index (χ4v) is 2.05. The number of hydrogen-bond donors (Lipinski definition) is 0. The van der Waals surface area contributed by atoms with E-state index in [1.165, 1.54) is 12.0 Å². The Kier molecular flexibility index (Phi) is 5.47. The minimum atomic E-state index is -4.19. The van der Waals surface area contributed by atoms with Gasteiger partial charge in [-0.3, -0.25) is 4.90 Å². The van der Waals surface area contributed by atoms with Gasteiger partial charge in [0.15, 0.2) is 0 Å². The summed E-state index contributed by atoms with van der Waals surface area (Å²) in [6.45, 7) is 1.32. The Hall–Kier alpha value is -0.750. The van der Waals surface area contributed by atoms with E-state index in [-0.39, 0.29) is 6.54 Å². The highest BCUT2D eigenvalue weighted by Crippen LogP contribution is 2.25. The first-order valence-corrected chi connectivity index (χ1v) is 6.26. The Bertz CT molecular complexity index is 395. The van der Waals surface area contributed by atoms with Crippen LogP contribution in [0.3, 0.4) is 0 Å². The second-order valence-corrected chi connectivity index (χ2v) is 4.79. The molecular weight excluding hydrogens is 311 g/mol. The number of halogens is 4. The van der Waals surface area contributed by atoms with Gasteiger partial charge in [0.1, 0.15) is 5.75 Å². The smallest absolute Gasteiger partial charge is 0.401 e. The molecule has 0 bridgehead atoms. The van der Waals surface area contributed by atoms with E-state index in [1.807, 2.05) is 0 Å². The molecule has 0 aromatic heterocycles. The quantitative estimate of drug-likeness (QED) is 0.815. The molecule has 2 nitrogen and oxygen atoms in total. The molecule has 18 heavy (non-hydrogen) atoms. The lowest BCUT2D eigenvalue weighted by Gasteiger charge is -2.23. The molecule has 0 amide bonds. The van der Waals surface area contributed by atoms with E-state index >= 15 is 0 Å². The number of rotatable bonds is 5. The van der Waals surface area contributed by atoms with Gasteiger partial charge in [0.2, 0.25) is 0 Å². The summed E-state index contributed by atoms with van der Waals surface area (Å²) in [6.07, 6.45) is -4.19. The Balaban J connectivity index is 2.84. The first kappa shape index (κ1) is 15.3. The van der Waals surface area contributed by atoms with Gasteiger partial charge in [-0.25, -0.2) is 0 Å². The van der Waals surface area contributed by atoms with Gasteiger partial charge in [-0.05, 0) is 24.7 Å². The van der Waals surface area contributed by atoms with Crippen molar-refractivity contribution in [2.24, 2.45) is 0 Å². The van der Waals surface area contributed by atoms with Crippen LogP contribution in [0.25, 0.3) is 0 Å². The van der Waals surface area contributed by atoms with Gasteiger partial charge in [0.25, 0.3) is 0 Å². The molecule has 1 aromatic carbocycles. The molecule has 0 aliphatic heterocycles. The molecule has 0 unspecified atom stereocenters. The van der Waals surface area contributed by atoms with E-state index in [2.05, 4.69) is 15.9 Å². The van der Waals surface area contributed by atoms with Gasteiger partial charge in [0, 0.05) is 16.6 Å². The maximum Gasteiger partial charge on any atom is 0.401 e. The Morgan fingerprint density at radius 1 is 1.33 bits per heavy atom. The summed E-state index contributed by atoms with van der Waals surface area (Å²) in [5.41, 5.74) is 0.734. The predicted octanol–water partition coefficient (Wildman–Crippen LogP) is 3.84. The zero-order chi connectivity index (χ0) is 13.8. The topological polar surface area (TPSA) is 12.5 Å². The van der Waals surface area contributed by atoms with Gasteiger partial charge in [-0.1, -0.05) is 22.9 Å². The summed E-state index contributed by atoms with van der Waals surface area (Å²) in [5, 5.41) is 0. The number of ether oxygens (including phenoxy) is 1. The third kappa shape index (κ3) is 4.86. The number of benzene rings is 1. The third-order valence-electron chi connectivity index (χ3n) is 2.49. The van der Waals surface area contributed by atoms with Crippen molar-refractivity contribution in [3.8, 4) is 5.75 Å². The van der Waals surface area contributed by atoms with Crippen LogP contribution in [0.15, 0.2) is 22.7 Å². The van der Waals surface area contributed by atoms with Crippen LogP contribution >= 0.6 is 15.9 Å². The second-order valence-electron chi connectivity index (χ2n) is 3.87. The Morgan fingerprint density at radius 2 is 2.00 bits per heavy atom. The Labute approximate surface area is 113 Å². The van der Waals surface area contributed by atoms with Crippen LogP contribution in [-0.2, 0) is 6.54 Å². The molecule has 102 valence electrons. The highest BCUT2D eigenvalue weighted by molar-refractivity contribution is 9.10. The van der Waals surface area contributed by atoms with Gasteiger partial charge in [-0.15, -0.1) is 0 Å². The number of methoxy groups -OCH3 is 1. The number of hydrogen-bond acceptors (Lipinski definition) is 2. The van der Waals surface area contributed by atoms with Crippen LogP contribution in [0.1, 0.15) is 12.5 Å². The molecule has 0 fully saturated rings. The molecule has 1 rings (SSSR count). The van der Waals surface area contributed by atoms with Crippen molar-refractivity contribution in [1.82, 2.24) is 4.90 Å². The summed E-state index contributed by atoms with van der Waals surface area (Å²) >= 11 is 3.30. The summed E-state index contributed by atoms with van der Waals surface area (Å²) in [6, 6.07) is 5.31. The van der Waals surface area contributed by atoms with Crippen molar-refractivity contribution in [3.05, 3.63) is 28.2 Å². The molecule has 0 saturated heterocycles. The van der Waals surface area contributed by atoms with Crippen molar-refractivity contribution in [1.29, 1.82) is 0 Å². The molecule has 0 aliphatic rings. The third-order valence-corrected chi connectivity index (χ3v) is 2.98. The van der Waals surface area contributed by atoms with E-state index in [0.29, 0.717) is 12.3 Å². The lowest BCUT2D eigenvalue weighted by Crippen LogP contribution is -2.33. The lowest BCUT2D eigenvalue weighted by atomic mass is 10.2. The fourth-order valence-electron chi connectivity index (χ4n) is 1.64. The van der Waals surface area contributed by atoms with Crippen molar-refractivity contribution in [2.45, 2.75) is 19.6 Å². The van der Waals surface area contributed by atoms with Crippen LogP contribution in [0.2, 0.25) is 0 Å². The molecule has 0 heterocycles. The molecular formula is C12H15BrF3NO. The predicted molar refractivity (Wildman–Crippen MR) is 67.7 cm³/mol. The van der Waals surface area contributed by atoms with E-state index in [1.54, 1.807) is 25.1 Å². The largest absolute Gasteiger partial charge is 0.496 e. The van der Waals surface area contributed by atoms with Crippen molar-refractivity contribution in [2.75, 3.05) is 20.2 Å². The fraction of sp³-hybridized carbons (Fsp3) is 0.500. The molecule has 1 aromatic rings. The van der Waals surface area contributed by atoms with Gasteiger partial charge in [0.05, 0.1) is 13.7 Å². The average Bonchev–Trinajstić information content (AvgIpc) is 2.26. The van der Waals surface area contributed by atoms with E-state index < -0.39 is 12.7 Å². The highest BCUT2D eigenvalue weighted by atomic mass is 79.9. The van der Waals surface area contributed by atoms with Crippen molar-refractivity contribution >= 4 is 15.9 Å². The number of alkyl halides is 3. The highest BCUT2D eigenvalue weighted by Gasteiger charge is 2.30. The molecule has 0 saturated carbocycles. The molecule has 0 radical (unpaired) electrons. The minimum Gasteiger partial charge on any atom is -0.496 e. The van der Waals surface area contributed by atoms with Gasteiger partial charge in [-0.2, -0.15) is 13.2 Å². The van der Waals surface area contributed by atoms with Crippen LogP contribution in [0, 0.1) is 0 Å². The van der Waals surface area contributed by atoms with Crippen LogP contribution in [0.4, 0.5) is 13.2 Å². The molecule has 0 spiro atoms. The van der Waals surface area contributed by atoms with Gasteiger partial charge >= 0.3 is 6.18 Å². The average molecular weight is 326 g/mol. The SMILES string of the molecule is CCN(Cc1cc(Br)ccc1OC)CC(F)(F)F. The molecule has 0 N–H and O–H groups in total. The normalized spacial score (nSPS) is 11.9. The van der Waals surface area contributed by atoms with Gasteiger partial charge < -0.3 is 4.74 Å². The lowest BCUT2D eigenvalue weighted by molar-refractivity contribution is -0.146. The van der Waals surface area contributed by atoms with Crippen LogP contribution in [-0.4, -0.2) is 31.3 Å². The maximum absolute atomic E-state index is 12.4. The maximum atomic E-state index is 12.4. The summed E-state index contributed by atoms with van der Waals surface area (Å²) in [4.78, 5) is 1.32.